The van der Waals surface area contributed by atoms with Crippen LogP contribution >= 0.6 is 23.2 Å². The summed E-state index contributed by atoms with van der Waals surface area (Å²) in [6, 6.07) is 14.3. The first-order valence-electron chi connectivity index (χ1n) is 12.3. The van der Waals surface area contributed by atoms with E-state index in [0.29, 0.717) is 16.8 Å². The summed E-state index contributed by atoms with van der Waals surface area (Å²) in [7, 11) is -5.97. The summed E-state index contributed by atoms with van der Waals surface area (Å²) in [5.74, 6) is -0.689. The maximum Gasteiger partial charge on any atom is 0.442 e. The Morgan fingerprint density at radius 2 is 1.81 bits per heavy atom. The van der Waals surface area contributed by atoms with E-state index in [1.54, 1.807) is 25.1 Å². The first-order valence-corrected chi connectivity index (χ1v) is 16.4. The summed E-state index contributed by atoms with van der Waals surface area (Å²) in [5.41, 5.74) is 0.749. The van der Waals surface area contributed by atoms with E-state index in [2.05, 4.69) is 24.4 Å². The van der Waals surface area contributed by atoms with Crippen molar-refractivity contribution in [2.24, 2.45) is 4.36 Å². The van der Waals surface area contributed by atoms with Crippen molar-refractivity contribution in [3.63, 3.8) is 0 Å². The molecule has 16 heteroatoms. The molecule has 1 unspecified atom stereocenters. The number of carbonyl (C=O) groups excluding carboxylic acids is 1. The van der Waals surface area contributed by atoms with Gasteiger partial charge in [-0.2, -0.15) is 4.98 Å². The predicted octanol–water partition coefficient (Wildman–Crippen LogP) is 6.76. The SMILES string of the molecule is CCOC(=O)N=S(C)(=O)c1cccc(Nc2ncc(-c3ccc(NS(=O)(=O)c4cccc(Cl)c4Cl)c(F)c3)c(OC)n2)c1. The number of halogens is 3. The van der Waals surface area contributed by atoms with Crippen LogP contribution in [0.15, 0.2) is 81.0 Å². The van der Waals surface area contributed by atoms with Crippen LogP contribution in [0.2, 0.25) is 10.0 Å². The van der Waals surface area contributed by atoms with Crippen LogP contribution in [0.1, 0.15) is 6.92 Å². The van der Waals surface area contributed by atoms with Gasteiger partial charge < -0.3 is 14.8 Å². The highest BCUT2D eigenvalue weighted by molar-refractivity contribution is 7.93. The molecular weight excluding hydrogens is 644 g/mol. The number of aromatic nitrogens is 2. The van der Waals surface area contributed by atoms with Crippen molar-refractivity contribution in [2.75, 3.05) is 30.0 Å². The largest absolute Gasteiger partial charge is 0.480 e. The first kappa shape index (κ1) is 31.9. The van der Waals surface area contributed by atoms with Crippen molar-refractivity contribution in [3.8, 4) is 17.0 Å². The van der Waals surface area contributed by atoms with Crippen LogP contribution in [0.3, 0.4) is 0 Å². The number of nitrogens with zero attached hydrogens (tertiary/aromatic N) is 3. The van der Waals surface area contributed by atoms with Crippen LogP contribution in [-0.2, 0) is 24.5 Å². The van der Waals surface area contributed by atoms with Crippen molar-refractivity contribution >= 4 is 66.4 Å². The third kappa shape index (κ3) is 7.51. The molecule has 0 radical (unpaired) electrons. The van der Waals surface area contributed by atoms with Crippen LogP contribution < -0.4 is 14.8 Å². The number of benzene rings is 3. The fraction of sp³-hybridized carbons (Fsp3) is 0.148. The van der Waals surface area contributed by atoms with Gasteiger partial charge >= 0.3 is 6.09 Å². The standard InChI is InChI=1S/C27H24Cl2FN5O6S2/c1-4-41-27(36)35-42(3,37)18-8-5-7-17(14-18)32-26-31-15-19(25(33-26)40-2)16-11-12-22(21(30)13-16)34-43(38,39)23-10-6-9-20(28)24(23)29/h5-15,34H,4H2,1-3H3,(H,31,32,33). The second kappa shape index (κ2) is 13.1. The fourth-order valence-electron chi connectivity index (χ4n) is 3.72. The maximum absolute atomic E-state index is 15.1. The molecule has 0 bridgehead atoms. The van der Waals surface area contributed by atoms with Gasteiger partial charge in [-0.05, 0) is 55.0 Å². The zero-order valence-corrected chi connectivity index (χ0v) is 25.9. The lowest BCUT2D eigenvalue weighted by molar-refractivity contribution is 0.164. The smallest absolute Gasteiger partial charge is 0.442 e. The lowest BCUT2D eigenvalue weighted by Gasteiger charge is -2.13. The molecule has 1 amide bonds. The van der Waals surface area contributed by atoms with Crippen molar-refractivity contribution in [1.29, 1.82) is 0 Å². The summed E-state index contributed by atoms with van der Waals surface area (Å²) >= 11 is 12.0. The normalized spacial score (nSPS) is 12.6. The van der Waals surface area contributed by atoms with E-state index in [9.17, 15) is 17.4 Å². The van der Waals surface area contributed by atoms with Crippen molar-refractivity contribution in [1.82, 2.24) is 9.97 Å². The number of hydrogen-bond acceptors (Lipinski definition) is 9. The van der Waals surface area contributed by atoms with Crippen LogP contribution in [-0.4, -0.2) is 48.7 Å². The van der Waals surface area contributed by atoms with Gasteiger partial charge in [-0.25, -0.2) is 26.8 Å². The molecule has 2 N–H and O–H groups in total. The molecular formula is C27H24Cl2FN5O6S2. The van der Waals surface area contributed by atoms with Crippen molar-refractivity contribution in [3.05, 3.63) is 82.7 Å². The minimum Gasteiger partial charge on any atom is -0.480 e. The highest BCUT2D eigenvalue weighted by atomic mass is 35.5. The van der Waals surface area contributed by atoms with Gasteiger partial charge in [0.15, 0.2) is 0 Å². The fourth-order valence-corrected chi connectivity index (χ4v) is 6.67. The molecule has 1 aromatic heterocycles. The molecule has 0 aliphatic heterocycles. The molecule has 226 valence electrons. The highest BCUT2D eigenvalue weighted by Crippen LogP contribution is 2.34. The zero-order chi connectivity index (χ0) is 31.4. The van der Waals surface area contributed by atoms with Crippen LogP contribution in [0, 0.1) is 5.82 Å². The molecule has 4 rings (SSSR count). The van der Waals surface area contributed by atoms with Gasteiger partial charge in [0.2, 0.25) is 11.8 Å². The molecule has 3 aromatic carbocycles. The van der Waals surface area contributed by atoms with E-state index in [-0.39, 0.29) is 44.0 Å². The Labute approximate surface area is 257 Å². The number of amides is 1. The molecule has 0 saturated carbocycles. The second-order valence-corrected chi connectivity index (χ2v) is 13.4. The van der Waals surface area contributed by atoms with Gasteiger partial charge in [0.25, 0.3) is 10.0 Å². The Kier molecular flexibility index (Phi) is 9.75. The number of carbonyl (C=O) groups is 1. The maximum atomic E-state index is 15.1. The number of nitrogens with one attached hydrogen (secondary N) is 2. The van der Waals surface area contributed by atoms with E-state index >= 15 is 4.39 Å². The molecule has 1 atom stereocenters. The number of sulfonamides is 1. The van der Waals surface area contributed by atoms with Gasteiger partial charge in [-0.15, -0.1) is 4.36 Å². The van der Waals surface area contributed by atoms with Gasteiger partial charge in [-0.1, -0.05) is 41.4 Å². The third-order valence-corrected chi connectivity index (χ3v) is 9.69. The van der Waals surface area contributed by atoms with E-state index in [0.717, 1.165) is 6.07 Å². The van der Waals surface area contributed by atoms with Crippen LogP contribution in [0.25, 0.3) is 11.1 Å². The molecule has 0 spiro atoms. The topological polar surface area (TPSA) is 149 Å². The quantitative estimate of drug-likeness (QED) is 0.197. The predicted molar refractivity (Wildman–Crippen MR) is 163 cm³/mol. The lowest BCUT2D eigenvalue weighted by Crippen LogP contribution is -2.14. The van der Waals surface area contributed by atoms with E-state index in [1.807, 2.05) is 0 Å². The monoisotopic (exact) mass is 667 g/mol. The van der Waals surface area contributed by atoms with E-state index in [1.165, 1.54) is 56.0 Å². The number of anilines is 3. The van der Waals surface area contributed by atoms with Gasteiger partial charge in [0.05, 0.1) is 44.7 Å². The van der Waals surface area contributed by atoms with E-state index < -0.39 is 31.7 Å². The summed E-state index contributed by atoms with van der Waals surface area (Å²) in [5, 5.41) is 2.81. The zero-order valence-electron chi connectivity index (χ0n) is 22.8. The Morgan fingerprint density at radius 1 is 1.07 bits per heavy atom. The molecule has 43 heavy (non-hydrogen) atoms. The minimum atomic E-state index is -4.25. The molecule has 4 aromatic rings. The average molecular weight is 669 g/mol. The van der Waals surface area contributed by atoms with Crippen molar-refractivity contribution in [2.45, 2.75) is 16.7 Å². The molecule has 11 nitrogen and oxygen atoms in total. The van der Waals surface area contributed by atoms with Gasteiger partial charge in [0.1, 0.15) is 10.7 Å². The average Bonchev–Trinajstić information content (AvgIpc) is 2.95. The molecule has 1 heterocycles. The lowest BCUT2D eigenvalue weighted by atomic mass is 10.1. The summed E-state index contributed by atoms with van der Waals surface area (Å²) in [6.45, 7) is 1.72. The van der Waals surface area contributed by atoms with Gasteiger partial charge in [0, 0.05) is 23.0 Å². The molecule has 0 saturated heterocycles. The second-order valence-electron chi connectivity index (χ2n) is 8.71. The van der Waals surface area contributed by atoms with Crippen molar-refractivity contribution < 1.29 is 31.3 Å². The van der Waals surface area contributed by atoms with Crippen LogP contribution in [0.4, 0.5) is 26.5 Å². The number of ether oxygens (including phenoxy) is 2. The first-order chi connectivity index (χ1) is 20.3. The van der Waals surface area contributed by atoms with Crippen LogP contribution in [0.5, 0.6) is 5.88 Å². The molecule has 0 aliphatic carbocycles. The molecule has 0 aliphatic rings. The molecule has 0 fully saturated rings. The Hall–Kier alpha value is -3.98. The summed E-state index contributed by atoms with van der Waals surface area (Å²) < 4.78 is 69.7. The Morgan fingerprint density at radius 3 is 2.51 bits per heavy atom. The number of rotatable bonds is 9. The number of methoxy groups -OCH3 is 1. The Bertz CT molecular complexity index is 1940. The van der Waals surface area contributed by atoms with E-state index in [4.69, 9.17) is 32.7 Å². The Balaban J connectivity index is 1.58. The summed E-state index contributed by atoms with van der Waals surface area (Å²) in [6.07, 6.45) is 1.78. The highest BCUT2D eigenvalue weighted by Gasteiger charge is 2.22. The summed E-state index contributed by atoms with van der Waals surface area (Å²) in [4.78, 5) is 20.3. The van der Waals surface area contributed by atoms with Gasteiger partial charge in [-0.3, -0.25) is 4.72 Å². The number of hydrogen-bond donors (Lipinski definition) is 2. The minimum absolute atomic E-state index is 0.0348. The third-order valence-electron chi connectivity index (χ3n) is 5.72.